The Morgan fingerprint density at radius 3 is 2.83 bits per heavy atom. The molecule has 1 aliphatic heterocycles. The van der Waals surface area contributed by atoms with Gasteiger partial charge >= 0.3 is 0 Å². The van der Waals surface area contributed by atoms with Crippen LogP contribution in [0.3, 0.4) is 0 Å². The Labute approximate surface area is 179 Å². The fourth-order valence-corrected chi connectivity index (χ4v) is 4.87. The summed E-state index contributed by atoms with van der Waals surface area (Å²) in [6, 6.07) is 8.42. The van der Waals surface area contributed by atoms with Gasteiger partial charge in [0, 0.05) is 41.7 Å². The molecule has 3 aromatic heterocycles. The maximum absolute atomic E-state index is 4.84. The van der Waals surface area contributed by atoms with Crippen molar-refractivity contribution in [3.8, 4) is 11.1 Å². The van der Waals surface area contributed by atoms with Crippen molar-refractivity contribution >= 4 is 33.6 Å². The van der Waals surface area contributed by atoms with Gasteiger partial charge in [-0.15, -0.1) is 11.3 Å². The second-order valence-electron chi connectivity index (χ2n) is 7.73. The first-order valence-corrected chi connectivity index (χ1v) is 11.0. The maximum atomic E-state index is 4.84. The summed E-state index contributed by atoms with van der Waals surface area (Å²) < 4.78 is 1.81. The highest BCUT2D eigenvalue weighted by Gasteiger charge is 2.19. The van der Waals surface area contributed by atoms with Crippen LogP contribution in [0.5, 0.6) is 0 Å². The van der Waals surface area contributed by atoms with E-state index in [9.17, 15) is 0 Å². The average Bonchev–Trinajstić information content (AvgIpc) is 3.43. The fraction of sp³-hybridized carbons (Fsp3) is 0.261. The van der Waals surface area contributed by atoms with Crippen LogP contribution in [0.15, 0.2) is 54.8 Å². The molecule has 1 fully saturated rings. The summed E-state index contributed by atoms with van der Waals surface area (Å²) in [6.45, 7) is 6.34. The first kappa shape index (κ1) is 19.0. The molecule has 0 unspecified atom stereocenters. The number of thiazole rings is 1. The van der Waals surface area contributed by atoms with E-state index in [2.05, 4.69) is 56.9 Å². The molecule has 30 heavy (non-hydrogen) atoms. The Morgan fingerprint density at radius 2 is 2.03 bits per heavy atom. The molecule has 152 valence electrons. The normalized spacial score (nSPS) is 14.8. The van der Waals surface area contributed by atoms with Crippen LogP contribution in [0, 0.1) is 0 Å². The molecule has 1 saturated heterocycles. The van der Waals surface area contributed by atoms with E-state index in [0.29, 0.717) is 5.92 Å². The third-order valence-electron chi connectivity index (χ3n) is 5.56. The molecule has 6 nitrogen and oxygen atoms in total. The standard InChI is InChI=1S/C23H24N6S/c1-15(21-14-30-23(28-21)16-5-7-24-8-6-16)27-22-10-19-9-17(3-4-18(19)11-25-22)20-12-26-29(2)13-20/h3-4,9-14,16,24H,1,5-8H2,2H3,(H,25,27). The van der Waals surface area contributed by atoms with E-state index in [1.54, 1.807) is 11.3 Å². The molecule has 1 aliphatic rings. The number of hydrogen-bond donors (Lipinski definition) is 2. The molecule has 2 N–H and O–H groups in total. The lowest BCUT2D eigenvalue weighted by molar-refractivity contribution is 0.459. The third kappa shape index (κ3) is 3.86. The molecule has 0 amide bonds. The van der Waals surface area contributed by atoms with Gasteiger partial charge in [-0.05, 0) is 49.0 Å². The summed E-state index contributed by atoms with van der Waals surface area (Å²) in [6.07, 6.45) is 8.09. The lowest BCUT2D eigenvalue weighted by Crippen LogP contribution is -2.26. The van der Waals surface area contributed by atoms with Crippen molar-refractivity contribution in [3.05, 3.63) is 65.5 Å². The summed E-state index contributed by atoms with van der Waals surface area (Å²) in [7, 11) is 1.93. The Bertz CT molecular complexity index is 1200. The van der Waals surface area contributed by atoms with Gasteiger partial charge in [-0.3, -0.25) is 4.68 Å². The van der Waals surface area contributed by atoms with Crippen LogP contribution >= 0.6 is 11.3 Å². The summed E-state index contributed by atoms with van der Waals surface area (Å²) in [4.78, 5) is 9.39. The number of rotatable bonds is 5. The lowest BCUT2D eigenvalue weighted by atomic mass is 9.99. The minimum absolute atomic E-state index is 0.558. The summed E-state index contributed by atoms with van der Waals surface area (Å²) >= 11 is 1.73. The number of piperidine rings is 1. The first-order chi connectivity index (χ1) is 14.7. The predicted molar refractivity (Wildman–Crippen MR) is 124 cm³/mol. The topological polar surface area (TPSA) is 67.7 Å². The largest absolute Gasteiger partial charge is 0.339 e. The van der Waals surface area contributed by atoms with Crippen molar-refractivity contribution in [3.63, 3.8) is 0 Å². The van der Waals surface area contributed by atoms with Gasteiger partial charge in [-0.1, -0.05) is 18.7 Å². The summed E-state index contributed by atoms with van der Waals surface area (Å²) in [5, 5.41) is 16.5. The number of pyridine rings is 1. The van der Waals surface area contributed by atoms with E-state index < -0.39 is 0 Å². The zero-order valence-corrected chi connectivity index (χ0v) is 17.7. The van der Waals surface area contributed by atoms with Gasteiger partial charge in [-0.25, -0.2) is 9.97 Å². The molecule has 4 aromatic rings. The van der Waals surface area contributed by atoms with Crippen LogP contribution < -0.4 is 10.6 Å². The number of aryl methyl sites for hydroxylation is 1. The van der Waals surface area contributed by atoms with Gasteiger partial charge in [0.15, 0.2) is 0 Å². The van der Waals surface area contributed by atoms with Crippen molar-refractivity contribution in [1.82, 2.24) is 25.1 Å². The van der Waals surface area contributed by atoms with Crippen molar-refractivity contribution < 1.29 is 0 Å². The van der Waals surface area contributed by atoms with E-state index >= 15 is 0 Å². The van der Waals surface area contributed by atoms with Crippen LogP contribution in [0.1, 0.15) is 29.5 Å². The summed E-state index contributed by atoms with van der Waals surface area (Å²) in [5.41, 5.74) is 3.92. The minimum atomic E-state index is 0.558. The smallest absolute Gasteiger partial charge is 0.130 e. The van der Waals surface area contributed by atoms with Gasteiger partial charge in [0.1, 0.15) is 5.82 Å². The van der Waals surface area contributed by atoms with Gasteiger partial charge < -0.3 is 10.6 Å². The number of fused-ring (bicyclic) bond motifs is 1. The second-order valence-corrected chi connectivity index (χ2v) is 8.62. The second kappa shape index (κ2) is 8.01. The molecule has 0 radical (unpaired) electrons. The number of nitrogens with zero attached hydrogens (tertiary/aromatic N) is 4. The third-order valence-corrected chi connectivity index (χ3v) is 6.57. The molecule has 0 spiro atoms. The highest BCUT2D eigenvalue weighted by atomic mass is 32.1. The van der Waals surface area contributed by atoms with Crippen molar-refractivity contribution in [2.45, 2.75) is 18.8 Å². The van der Waals surface area contributed by atoms with Crippen LogP contribution in [0.2, 0.25) is 0 Å². The molecule has 1 aromatic carbocycles. The van der Waals surface area contributed by atoms with E-state index in [1.165, 1.54) is 5.01 Å². The monoisotopic (exact) mass is 416 g/mol. The number of anilines is 1. The van der Waals surface area contributed by atoms with E-state index in [-0.39, 0.29) is 0 Å². The number of nitrogens with one attached hydrogen (secondary N) is 2. The average molecular weight is 417 g/mol. The van der Waals surface area contributed by atoms with Crippen LogP contribution in [-0.2, 0) is 7.05 Å². The van der Waals surface area contributed by atoms with Gasteiger partial charge in [-0.2, -0.15) is 5.10 Å². The molecular weight excluding hydrogens is 392 g/mol. The molecule has 0 aliphatic carbocycles. The van der Waals surface area contributed by atoms with Gasteiger partial charge in [0.05, 0.1) is 22.6 Å². The molecular formula is C23H24N6S. The Morgan fingerprint density at radius 1 is 1.17 bits per heavy atom. The Kier molecular flexibility index (Phi) is 5.06. The van der Waals surface area contributed by atoms with Gasteiger partial charge in [0.25, 0.3) is 0 Å². The number of hydrogen-bond acceptors (Lipinski definition) is 6. The van der Waals surface area contributed by atoms with Crippen LogP contribution in [0.4, 0.5) is 5.82 Å². The first-order valence-electron chi connectivity index (χ1n) is 10.2. The van der Waals surface area contributed by atoms with Crippen LogP contribution in [0.25, 0.3) is 27.6 Å². The molecule has 0 saturated carbocycles. The van der Waals surface area contributed by atoms with Crippen molar-refractivity contribution in [2.75, 3.05) is 18.4 Å². The molecule has 0 bridgehead atoms. The Balaban J connectivity index is 1.35. The van der Waals surface area contributed by atoms with E-state index in [0.717, 1.165) is 65.0 Å². The predicted octanol–water partition coefficient (Wildman–Crippen LogP) is 4.64. The maximum Gasteiger partial charge on any atom is 0.130 e. The molecule has 4 heterocycles. The molecule has 5 rings (SSSR count). The lowest BCUT2D eigenvalue weighted by Gasteiger charge is -2.20. The molecule has 7 heteroatoms. The number of benzene rings is 1. The minimum Gasteiger partial charge on any atom is -0.339 e. The highest BCUT2D eigenvalue weighted by Crippen LogP contribution is 2.30. The van der Waals surface area contributed by atoms with E-state index in [1.807, 2.05) is 30.3 Å². The highest BCUT2D eigenvalue weighted by molar-refractivity contribution is 7.09. The van der Waals surface area contributed by atoms with E-state index in [4.69, 9.17) is 4.98 Å². The number of aromatic nitrogens is 4. The van der Waals surface area contributed by atoms with Crippen molar-refractivity contribution in [2.24, 2.45) is 7.05 Å². The molecule has 0 atom stereocenters. The SMILES string of the molecule is C=C(Nc1cc2cc(-c3cnn(C)c3)ccc2cn1)c1csc(C2CCNCC2)n1. The summed E-state index contributed by atoms with van der Waals surface area (Å²) in [5.74, 6) is 1.33. The zero-order chi connectivity index (χ0) is 20.5. The fourth-order valence-electron chi connectivity index (χ4n) is 3.86. The van der Waals surface area contributed by atoms with Crippen LogP contribution in [-0.4, -0.2) is 32.8 Å². The quantitative estimate of drug-likeness (QED) is 0.496. The Hall–Kier alpha value is -3.03. The zero-order valence-electron chi connectivity index (χ0n) is 16.9. The van der Waals surface area contributed by atoms with Gasteiger partial charge in [0.2, 0.25) is 0 Å². The van der Waals surface area contributed by atoms with Crippen molar-refractivity contribution in [1.29, 1.82) is 0 Å².